The maximum atomic E-state index is 12.7. The van der Waals surface area contributed by atoms with Gasteiger partial charge in [-0.05, 0) is 39.0 Å². The van der Waals surface area contributed by atoms with Gasteiger partial charge in [-0.2, -0.15) is 5.10 Å². The number of carbonyl (C=O) groups excluding carboxylic acids is 2. The average molecular weight is 396 g/mol. The Balaban J connectivity index is 1.42. The third-order valence-corrected chi connectivity index (χ3v) is 6.05. The van der Waals surface area contributed by atoms with Gasteiger partial charge in [-0.15, -0.1) is 0 Å². The van der Waals surface area contributed by atoms with Gasteiger partial charge in [0.05, 0.1) is 11.3 Å². The lowest BCUT2D eigenvalue weighted by Gasteiger charge is -2.51. The van der Waals surface area contributed by atoms with E-state index in [2.05, 4.69) is 27.2 Å². The van der Waals surface area contributed by atoms with Crippen molar-refractivity contribution in [3.05, 3.63) is 41.3 Å². The zero-order valence-electron chi connectivity index (χ0n) is 17.3. The lowest BCUT2D eigenvalue weighted by molar-refractivity contribution is -0.133. The van der Waals surface area contributed by atoms with Gasteiger partial charge in [-0.1, -0.05) is 0 Å². The highest BCUT2D eigenvalue weighted by atomic mass is 16.2. The summed E-state index contributed by atoms with van der Waals surface area (Å²) >= 11 is 0. The second-order valence-electron chi connectivity index (χ2n) is 7.89. The van der Waals surface area contributed by atoms with Gasteiger partial charge < -0.3 is 15.1 Å². The Morgan fingerprint density at radius 3 is 2.69 bits per heavy atom. The maximum Gasteiger partial charge on any atom is 0.256 e. The first-order chi connectivity index (χ1) is 13.9. The van der Waals surface area contributed by atoms with Crippen molar-refractivity contribution in [3.63, 3.8) is 0 Å². The van der Waals surface area contributed by atoms with Gasteiger partial charge in [0.1, 0.15) is 11.5 Å². The molecule has 1 fully saturated rings. The van der Waals surface area contributed by atoms with Crippen molar-refractivity contribution >= 4 is 17.6 Å². The molecular weight excluding hydrogens is 368 g/mol. The molecule has 2 aromatic rings. The first-order valence-corrected chi connectivity index (χ1v) is 10.3. The molecule has 8 heteroatoms. The summed E-state index contributed by atoms with van der Waals surface area (Å²) in [6, 6.07) is 5.62. The van der Waals surface area contributed by atoms with E-state index in [4.69, 9.17) is 0 Å². The zero-order chi connectivity index (χ0) is 20.6. The third-order valence-electron chi connectivity index (χ3n) is 6.05. The van der Waals surface area contributed by atoms with Gasteiger partial charge in [-0.25, -0.2) is 4.98 Å². The van der Waals surface area contributed by atoms with Crippen molar-refractivity contribution in [1.82, 2.24) is 25.0 Å². The summed E-state index contributed by atoms with van der Waals surface area (Å²) in [5, 5.41) is 7.64. The molecule has 0 aliphatic carbocycles. The summed E-state index contributed by atoms with van der Waals surface area (Å²) in [6.45, 7) is 8.62. The lowest BCUT2D eigenvalue weighted by atomic mass is 9.91. The first kappa shape index (κ1) is 19.4. The van der Waals surface area contributed by atoms with Crippen LogP contribution in [-0.4, -0.2) is 56.8 Å². The third kappa shape index (κ3) is 3.47. The molecule has 0 aromatic carbocycles. The van der Waals surface area contributed by atoms with Gasteiger partial charge in [-0.3, -0.25) is 14.3 Å². The number of fused-ring (bicyclic) bond motifs is 1. The van der Waals surface area contributed by atoms with E-state index in [1.807, 2.05) is 35.6 Å². The van der Waals surface area contributed by atoms with Crippen LogP contribution in [0.1, 0.15) is 47.9 Å². The quantitative estimate of drug-likeness (QED) is 0.853. The average Bonchev–Trinajstić information content (AvgIpc) is 3.04. The Morgan fingerprint density at radius 1 is 1.28 bits per heavy atom. The summed E-state index contributed by atoms with van der Waals surface area (Å²) in [6.07, 6.45) is 3.54. The molecule has 4 heterocycles. The number of carbonyl (C=O) groups is 2. The van der Waals surface area contributed by atoms with Gasteiger partial charge in [0.2, 0.25) is 5.91 Å². The Morgan fingerprint density at radius 2 is 2.03 bits per heavy atom. The molecule has 1 saturated heterocycles. The number of rotatable bonds is 4. The highest BCUT2D eigenvalue weighted by Crippen LogP contribution is 2.35. The van der Waals surface area contributed by atoms with Crippen molar-refractivity contribution in [2.24, 2.45) is 0 Å². The minimum atomic E-state index is -0.473. The summed E-state index contributed by atoms with van der Waals surface area (Å²) in [4.78, 5) is 34.0. The number of pyridine rings is 1. The van der Waals surface area contributed by atoms with Crippen molar-refractivity contribution in [3.8, 4) is 0 Å². The Hall–Kier alpha value is -2.90. The zero-order valence-corrected chi connectivity index (χ0v) is 17.3. The molecule has 1 N–H and O–H groups in total. The van der Waals surface area contributed by atoms with Crippen LogP contribution in [0, 0.1) is 13.8 Å². The number of hydrogen-bond acceptors (Lipinski definition) is 5. The summed E-state index contributed by atoms with van der Waals surface area (Å²) in [5.41, 5.74) is 2.18. The number of anilines is 1. The minimum absolute atomic E-state index is 0.0814. The Kier molecular flexibility index (Phi) is 5.02. The second kappa shape index (κ2) is 7.50. The molecule has 1 spiro atoms. The molecule has 8 nitrogen and oxygen atoms in total. The molecule has 2 aliphatic rings. The topological polar surface area (TPSA) is 83.4 Å². The van der Waals surface area contributed by atoms with Crippen LogP contribution in [0.15, 0.2) is 24.4 Å². The monoisotopic (exact) mass is 396 g/mol. The van der Waals surface area contributed by atoms with E-state index < -0.39 is 5.66 Å². The van der Waals surface area contributed by atoms with Gasteiger partial charge in [0, 0.05) is 57.3 Å². The number of piperidine rings is 1. The van der Waals surface area contributed by atoms with Crippen LogP contribution in [0.3, 0.4) is 0 Å². The summed E-state index contributed by atoms with van der Waals surface area (Å²) in [7, 11) is 0. The van der Waals surface area contributed by atoms with Crippen LogP contribution in [0.5, 0.6) is 0 Å². The number of amides is 2. The van der Waals surface area contributed by atoms with Gasteiger partial charge >= 0.3 is 0 Å². The van der Waals surface area contributed by atoms with Crippen molar-refractivity contribution in [1.29, 1.82) is 0 Å². The number of aromatic nitrogens is 3. The molecule has 0 atom stereocenters. The van der Waals surface area contributed by atoms with E-state index in [9.17, 15) is 9.59 Å². The number of hydrogen-bond donors (Lipinski definition) is 1. The summed E-state index contributed by atoms with van der Waals surface area (Å²) in [5.74, 6) is 0.793. The molecule has 2 aliphatic heterocycles. The molecule has 2 aromatic heterocycles. The Labute approximate surface area is 170 Å². The molecule has 2 amide bonds. The van der Waals surface area contributed by atoms with Crippen LogP contribution in [0.4, 0.5) is 5.82 Å². The fraction of sp³-hybridized carbons (Fsp3) is 0.524. The Bertz CT molecular complexity index is 929. The van der Waals surface area contributed by atoms with E-state index in [0.29, 0.717) is 44.5 Å². The van der Waals surface area contributed by atoms with Crippen molar-refractivity contribution in [2.45, 2.75) is 52.2 Å². The SMILES string of the molecule is CCN1c2ncccc2C(=O)NC12CCN(C(=O)CCn1nc(C)cc1C)CC2. The number of nitrogens with one attached hydrogen (secondary N) is 1. The number of aryl methyl sites for hydroxylation is 3. The lowest BCUT2D eigenvalue weighted by Crippen LogP contribution is -2.68. The van der Waals surface area contributed by atoms with Gasteiger partial charge in [0.25, 0.3) is 5.91 Å². The smallest absolute Gasteiger partial charge is 0.256 e. The van der Waals surface area contributed by atoms with Crippen LogP contribution >= 0.6 is 0 Å². The largest absolute Gasteiger partial charge is 0.342 e. The minimum Gasteiger partial charge on any atom is -0.342 e. The predicted molar refractivity (Wildman–Crippen MR) is 110 cm³/mol. The van der Waals surface area contributed by atoms with E-state index in [1.165, 1.54) is 0 Å². The predicted octanol–water partition coefficient (Wildman–Crippen LogP) is 1.87. The van der Waals surface area contributed by atoms with E-state index >= 15 is 0 Å². The van der Waals surface area contributed by atoms with Crippen LogP contribution in [0.2, 0.25) is 0 Å². The fourth-order valence-electron chi connectivity index (χ4n) is 4.57. The molecule has 4 rings (SSSR count). The molecule has 154 valence electrons. The maximum absolute atomic E-state index is 12.7. The molecule has 0 radical (unpaired) electrons. The molecule has 0 bridgehead atoms. The van der Waals surface area contributed by atoms with Crippen LogP contribution in [-0.2, 0) is 11.3 Å². The van der Waals surface area contributed by atoms with E-state index in [0.717, 1.165) is 23.8 Å². The fourth-order valence-corrected chi connectivity index (χ4v) is 4.57. The normalized spacial score (nSPS) is 18.0. The summed E-state index contributed by atoms with van der Waals surface area (Å²) < 4.78 is 1.89. The molecular formula is C21H28N6O2. The molecule has 29 heavy (non-hydrogen) atoms. The first-order valence-electron chi connectivity index (χ1n) is 10.3. The molecule has 0 unspecified atom stereocenters. The highest BCUT2D eigenvalue weighted by Gasteiger charge is 2.46. The number of likely N-dealkylation sites (tertiary alicyclic amines) is 1. The van der Waals surface area contributed by atoms with Crippen molar-refractivity contribution < 1.29 is 9.59 Å². The highest BCUT2D eigenvalue weighted by molar-refractivity contribution is 6.01. The van der Waals surface area contributed by atoms with Crippen LogP contribution < -0.4 is 10.2 Å². The standard InChI is InChI=1S/C21H28N6O2/c1-4-26-19-17(6-5-10-22-19)20(29)23-21(26)8-12-25(13-9-21)18(28)7-11-27-16(3)14-15(2)24-27/h5-6,10,14H,4,7-9,11-13H2,1-3H3,(H,23,29). The molecule has 0 saturated carbocycles. The van der Waals surface area contributed by atoms with Gasteiger partial charge in [0.15, 0.2) is 0 Å². The number of nitrogens with zero attached hydrogens (tertiary/aromatic N) is 5. The van der Waals surface area contributed by atoms with Crippen molar-refractivity contribution in [2.75, 3.05) is 24.5 Å². The van der Waals surface area contributed by atoms with Crippen LogP contribution in [0.25, 0.3) is 0 Å². The second-order valence-corrected chi connectivity index (χ2v) is 7.89. The van der Waals surface area contributed by atoms with E-state index in [-0.39, 0.29) is 11.8 Å². The van der Waals surface area contributed by atoms with E-state index in [1.54, 1.807) is 12.3 Å².